The van der Waals surface area contributed by atoms with Crippen LogP contribution in [0.15, 0.2) is 60.7 Å². The molecule has 2 aromatic rings. The van der Waals surface area contributed by atoms with E-state index in [1.807, 2.05) is 48.5 Å². The first-order valence-corrected chi connectivity index (χ1v) is 10.2. The van der Waals surface area contributed by atoms with E-state index >= 15 is 0 Å². The Morgan fingerprint density at radius 2 is 1.55 bits per heavy atom. The first-order chi connectivity index (χ1) is 15.1. The Hall–Kier alpha value is -3.39. The lowest BCUT2D eigenvalue weighted by Gasteiger charge is -2.27. The maximum Gasteiger partial charge on any atom is 0.408 e. The van der Waals surface area contributed by atoms with Gasteiger partial charge in [-0.25, -0.2) is 9.59 Å². The summed E-state index contributed by atoms with van der Waals surface area (Å²) < 4.78 is 10.5. The Balaban J connectivity index is 1.53. The first-order valence-electron chi connectivity index (χ1n) is 10.2. The minimum atomic E-state index is -1.20. The summed E-state index contributed by atoms with van der Waals surface area (Å²) in [7, 11) is 0. The Kier molecular flexibility index (Phi) is 8.00. The van der Waals surface area contributed by atoms with Gasteiger partial charge in [0.1, 0.15) is 25.3 Å². The van der Waals surface area contributed by atoms with Crippen LogP contribution in [0, 0.1) is 0 Å². The molecule has 0 saturated carbocycles. The standard InChI is InChI=1S/C23H26N2O6/c26-14-19(24-23(29)31-16-18-10-5-2-6-11-18)21(27)25-13-7-12-20(25)22(28)30-15-17-8-3-1-4-9-17/h1-6,8-11,19-20,26H,7,12-16H2,(H,24,29). The van der Waals surface area contributed by atoms with E-state index in [1.54, 1.807) is 12.1 Å². The highest BCUT2D eigenvalue weighted by Crippen LogP contribution is 2.20. The van der Waals surface area contributed by atoms with Gasteiger partial charge in [-0.2, -0.15) is 0 Å². The highest BCUT2D eigenvalue weighted by Gasteiger charge is 2.38. The van der Waals surface area contributed by atoms with Crippen LogP contribution >= 0.6 is 0 Å². The Morgan fingerprint density at radius 1 is 0.968 bits per heavy atom. The number of alkyl carbamates (subject to hydrolysis) is 1. The third-order valence-corrected chi connectivity index (χ3v) is 5.02. The number of rotatable bonds is 8. The second-order valence-corrected chi connectivity index (χ2v) is 7.22. The van der Waals surface area contributed by atoms with Crippen molar-refractivity contribution in [3.05, 3.63) is 71.8 Å². The van der Waals surface area contributed by atoms with Gasteiger partial charge in [-0.1, -0.05) is 60.7 Å². The van der Waals surface area contributed by atoms with Crippen LogP contribution in [0.5, 0.6) is 0 Å². The average molecular weight is 426 g/mol. The summed E-state index contributed by atoms with van der Waals surface area (Å²) in [6.45, 7) is -0.106. The van der Waals surface area contributed by atoms with Gasteiger partial charge in [0.25, 0.3) is 0 Å². The number of nitrogens with one attached hydrogen (secondary N) is 1. The first kappa shape index (κ1) is 22.3. The largest absolute Gasteiger partial charge is 0.459 e. The molecule has 8 nitrogen and oxygen atoms in total. The van der Waals surface area contributed by atoms with E-state index in [2.05, 4.69) is 5.32 Å². The van der Waals surface area contributed by atoms with Crippen molar-refractivity contribution in [1.29, 1.82) is 0 Å². The van der Waals surface area contributed by atoms with Gasteiger partial charge in [-0.3, -0.25) is 4.79 Å². The van der Waals surface area contributed by atoms with E-state index in [4.69, 9.17) is 9.47 Å². The molecule has 0 radical (unpaired) electrons. The zero-order chi connectivity index (χ0) is 22.1. The molecular formula is C23H26N2O6. The second-order valence-electron chi connectivity index (χ2n) is 7.22. The van der Waals surface area contributed by atoms with Crippen molar-refractivity contribution >= 4 is 18.0 Å². The molecule has 1 aliphatic heterocycles. The Morgan fingerprint density at radius 3 is 2.13 bits per heavy atom. The van der Waals surface area contributed by atoms with E-state index in [0.717, 1.165) is 11.1 Å². The number of esters is 1. The lowest BCUT2D eigenvalue weighted by molar-refractivity contribution is -0.155. The van der Waals surface area contributed by atoms with Gasteiger partial charge >= 0.3 is 12.1 Å². The summed E-state index contributed by atoms with van der Waals surface area (Å²) in [4.78, 5) is 38.8. The zero-order valence-electron chi connectivity index (χ0n) is 17.1. The van der Waals surface area contributed by atoms with Crippen LogP contribution in [0.3, 0.4) is 0 Å². The number of hydrogen-bond donors (Lipinski definition) is 2. The van der Waals surface area contributed by atoms with Gasteiger partial charge in [0.05, 0.1) is 6.61 Å². The molecule has 8 heteroatoms. The monoisotopic (exact) mass is 426 g/mol. The summed E-state index contributed by atoms with van der Waals surface area (Å²) in [5.74, 6) is -1.05. The molecule has 0 aromatic heterocycles. The molecule has 2 aromatic carbocycles. The number of aliphatic hydroxyl groups excluding tert-OH is 1. The van der Waals surface area contributed by atoms with E-state index in [9.17, 15) is 19.5 Å². The molecule has 1 aliphatic rings. The maximum atomic E-state index is 12.9. The Bertz CT molecular complexity index is 874. The highest BCUT2D eigenvalue weighted by molar-refractivity contribution is 5.90. The van der Waals surface area contributed by atoms with Gasteiger partial charge in [0, 0.05) is 6.54 Å². The molecule has 2 N–H and O–H groups in total. The molecule has 31 heavy (non-hydrogen) atoms. The van der Waals surface area contributed by atoms with Crippen LogP contribution in [0.25, 0.3) is 0 Å². The van der Waals surface area contributed by atoms with Crippen molar-refractivity contribution in [1.82, 2.24) is 10.2 Å². The van der Waals surface area contributed by atoms with Crippen molar-refractivity contribution in [3.8, 4) is 0 Å². The molecule has 164 valence electrons. The summed E-state index contributed by atoms with van der Waals surface area (Å²) in [5, 5.41) is 12.0. The smallest absolute Gasteiger partial charge is 0.408 e. The molecule has 2 amide bonds. The lowest BCUT2D eigenvalue weighted by Crippen LogP contribution is -2.53. The van der Waals surface area contributed by atoms with Gasteiger partial charge in [0.2, 0.25) is 5.91 Å². The van der Waals surface area contributed by atoms with Crippen molar-refractivity contribution < 1.29 is 29.0 Å². The minimum absolute atomic E-state index is 0.0389. The van der Waals surface area contributed by atoms with Crippen LogP contribution < -0.4 is 5.32 Å². The van der Waals surface area contributed by atoms with Gasteiger partial charge in [0.15, 0.2) is 0 Å². The van der Waals surface area contributed by atoms with Crippen LogP contribution in [-0.4, -0.2) is 53.2 Å². The van der Waals surface area contributed by atoms with Crippen molar-refractivity contribution in [2.45, 2.75) is 38.1 Å². The summed E-state index contributed by atoms with van der Waals surface area (Å²) in [6, 6.07) is 16.4. The fourth-order valence-electron chi connectivity index (χ4n) is 3.39. The van der Waals surface area contributed by atoms with E-state index in [-0.39, 0.29) is 13.2 Å². The van der Waals surface area contributed by atoms with Crippen molar-refractivity contribution in [2.24, 2.45) is 0 Å². The molecule has 2 atom stereocenters. The number of benzene rings is 2. The molecule has 0 spiro atoms. The summed E-state index contributed by atoms with van der Waals surface area (Å²) in [5.41, 5.74) is 1.65. The van der Waals surface area contributed by atoms with Crippen LogP contribution in [0.1, 0.15) is 24.0 Å². The number of nitrogens with zero attached hydrogens (tertiary/aromatic N) is 1. The van der Waals surface area contributed by atoms with E-state index in [1.165, 1.54) is 4.90 Å². The predicted octanol–water partition coefficient (Wildman–Crippen LogP) is 2.01. The number of amides is 2. The fraction of sp³-hybridized carbons (Fsp3) is 0.348. The minimum Gasteiger partial charge on any atom is -0.459 e. The number of hydrogen-bond acceptors (Lipinski definition) is 6. The molecular weight excluding hydrogens is 400 g/mol. The second kappa shape index (κ2) is 11.1. The molecule has 3 rings (SSSR count). The molecule has 1 saturated heterocycles. The summed E-state index contributed by atoms with van der Waals surface area (Å²) >= 11 is 0. The van der Waals surface area contributed by atoms with E-state index in [0.29, 0.717) is 19.4 Å². The average Bonchev–Trinajstić information content (AvgIpc) is 3.30. The van der Waals surface area contributed by atoms with Gasteiger partial charge in [-0.15, -0.1) is 0 Å². The third kappa shape index (κ3) is 6.29. The quantitative estimate of drug-likeness (QED) is 0.626. The normalized spacial score (nSPS) is 16.4. The third-order valence-electron chi connectivity index (χ3n) is 5.02. The highest BCUT2D eigenvalue weighted by atomic mass is 16.5. The van der Waals surface area contributed by atoms with Crippen LogP contribution in [-0.2, 0) is 32.3 Å². The molecule has 1 fully saturated rings. The number of carbonyl (C=O) groups is 3. The SMILES string of the molecule is O=C(NC(CO)C(=O)N1CCCC1C(=O)OCc1ccccc1)OCc1ccccc1. The van der Waals surface area contributed by atoms with Crippen molar-refractivity contribution in [3.63, 3.8) is 0 Å². The van der Waals surface area contributed by atoms with Gasteiger partial charge in [-0.05, 0) is 24.0 Å². The molecule has 1 heterocycles. The number of carbonyl (C=O) groups excluding carboxylic acids is 3. The predicted molar refractivity (Wildman–Crippen MR) is 112 cm³/mol. The van der Waals surface area contributed by atoms with Crippen LogP contribution in [0.4, 0.5) is 4.79 Å². The molecule has 2 unspecified atom stereocenters. The van der Waals surface area contributed by atoms with Crippen molar-refractivity contribution in [2.75, 3.05) is 13.2 Å². The number of aliphatic hydroxyl groups is 1. The molecule has 0 aliphatic carbocycles. The number of ether oxygens (including phenoxy) is 2. The lowest BCUT2D eigenvalue weighted by atomic mass is 10.2. The molecule has 0 bridgehead atoms. The fourth-order valence-corrected chi connectivity index (χ4v) is 3.39. The summed E-state index contributed by atoms with van der Waals surface area (Å²) in [6.07, 6.45) is 0.280. The van der Waals surface area contributed by atoms with E-state index < -0.39 is 36.7 Å². The van der Waals surface area contributed by atoms with Gasteiger partial charge < -0.3 is 24.8 Å². The number of likely N-dealkylation sites (tertiary alicyclic amines) is 1. The Labute approximate surface area is 180 Å². The van der Waals surface area contributed by atoms with Crippen LogP contribution in [0.2, 0.25) is 0 Å². The topological polar surface area (TPSA) is 105 Å². The zero-order valence-corrected chi connectivity index (χ0v) is 17.1. The maximum absolute atomic E-state index is 12.9.